The van der Waals surface area contributed by atoms with Crippen molar-refractivity contribution >= 4 is 17.7 Å². The highest BCUT2D eigenvalue weighted by Gasteiger charge is 2.28. The number of hydrogen-bond donors (Lipinski definition) is 0. The Kier molecular flexibility index (Phi) is 8.24. The smallest absolute Gasteiger partial charge is 0.233 e. The van der Waals surface area contributed by atoms with Crippen LogP contribution in [-0.4, -0.2) is 65.2 Å². The molecule has 0 N–H and O–H groups in total. The number of rotatable bonds is 8. The van der Waals surface area contributed by atoms with Gasteiger partial charge in [-0.25, -0.2) is 0 Å². The molecule has 4 rings (SSSR count). The third-order valence-corrected chi connectivity index (χ3v) is 7.90. The number of aromatic nitrogens is 3. The first kappa shape index (κ1) is 24.7. The maximum absolute atomic E-state index is 13.0. The number of ether oxygens (including phenoxy) is 3. The van der Waals surface area contributed by atoms with E-state index in [2.05, 4.69) is 21.7 Å². The van der Waals surface area contributed by atoms with Gasteiger partial charge in [-0.05, 0) is 51.2 Å². The molecule has 1 atom stereocenters. The Morgan fingerprint density at radius 3 is 2.26 bits per heavy atom. The molecule has 1 saturated heterocycles. The van der Waals surface area contributed by atoms with Gasteiger partial charge in [-0.3, -0.25) is 9.36 Å². The summed E-state index contributed by atoms with van der Waals surface area (Å²) in [5.74, 6) is 3.05. The second kappa shape index (κ2) is 11.3. The number of thioether (sulfide) groups is 1. The summed E-state index contributed by atoms with van der Waals surface area (Å²) in [5.41, 5.74) is 0.857. The first-order valence-corrected chi connectivity index (χ1v) is 13.2. The third kappa shape index (κ3) is 5.14. The van der Waals surface area contributed by atoms with E-state index in [-0.39, 0.29) is 5.91 Å². The highest BCUT2D eigenvalue weighted by Crippen LogP contribution is 2.43. The summed E-state index contributed by atoms with van der Waals surface area (Å²) in [5, 5.41) is 9.94. The molecule has 1 aromatic carbocycles. The summed E-state index contributed by atoms with van der Waals surface area (Å²) in [6.07, 6.45) is 9.17. The number of hydrogen-bond acceptors (Lipinski definition) is 7. The minimum absolute atomic E-state index is 0.185. The summed E-state index contributed by atoms with van der Waals surface area (Å²) in [6, 6.07) is 4.46. The molecule has 2 heterocycles. The molecule has 1 saturated carbocycles. The summed E-state index contributed by atoms with van der Waals surface area (Å²) < 4.78 is 18.9. The molecule has 1 amide bonds. The maximum Gasteiger partial charge on any atom is 0.233 e. The number of likely N-dealkylation sites (tertiary alicyclic amines) is 1. The van der Waals surface area contributed by atoms with Gasteiger partial charge in [0.25, 0.3) is 0 Å². The zero-order chi connectivity index (χ0) is 24.1. The summed E-state index contributed by atoms with van der Waals surface area (Å²) in [4.78, 5) is 15.0. The fourth-order valence-electron chi connectivity index (χ4n) is 5.13. The zero-order valence-electron chi connectivity index (χ0n) is 20.7. The minimum Gasteiger partial charge on any atom is -0.493 e. The van der Waals surface area contributed by atoms with Crippen LogP contribution in [0.2, 0.25) is 0 Å². The largest absolute Gasteiger partial charge is 0.493 e. The highest BCUT2D eigenvalue weighted by atomic mass is 32.2. The van der Waals surface area contributed by atoms with Gasteiger partial charge in [0.2, 0.25) is 11.7 Å². The Labute approximate surface area is 206 Å². The predicted octanol–water partition coefficient (Wildman–Crippen LogP) is 4.97. The van der Waals surface area contributed by atoms with Crippen molar-refractivity contribution < 1.29 is 19.0 Å². The molecule has 1 aromatic heterocycles. The van der Waals surface area contributed by atoms with Crippen molar-refractivity contribution in [2.24, 2.45) is 0 Å². The average Bonchev–Trinajstić information content (AvgIpc) is 3.31. The van der Waals surface area contributed by atoms with Crippen molar-refractivity contribution in [3.8, 4) is 28.6 Å². The van der Waals surface area contributed by atoms with Gasteiger partial charge in [-0.2, -0.15) is 0 Å². The lowest BCUT2D eigenvalue weighted by atomic mass is 9.95. The van der Waals surface area contributed by atoms with Gasteiger partial charge in [0.15, 0.2) is 22.5 Å². The van der Waals surface area contributed by atoms with Crippen LogP contribution in [0.1, 0.15) is 64.3 Å². The predicted molar refractivity (Wildman–Crippen MR) is 133 cm³/mol. The topological polar surface area (TPSA) is 78.7 Å². The Bertz CT molecular complexity index is 964. The van der Waals surface area contributed by atoms with Gasteiger partial charge in [-0.1, -0.05) is 31.0 Å². The molecule has 0 spiro atoms. The first-order chi connectivity index (χ1) is 16.6. The van der Waals surface area contributed by atoms with Gasteiger partial charge in [0.05, 0.1) is 27.1 Å². The standard InChI is InChI=1S/C25H36N4O4S/c1-17-10-8-9-13-28(17)22(30)16-34-25-27-26-24(29(25)19-11-6-5-7-12-19)18-14-20(31-2)23(33-4)21(15-18)32-3/h14-15,17,19H,5-13,16H2,1-4H3. The van der Waals surface area contributed by atoms with Crippen LogP contribution in [0.4, 0.5) is 0 Å². The van der Waals surface area contributed by atoms with Crippen LogP contribution in [-0.2, 0) is 4.79 Å². The molecular weight excluding hydrogens is 452 g/mol. The molecule has 1 unspecified atom stereocenters. The molecule has 2 fully saturated rings. The molecule has 1 aliphatic carbocycles. The normalized spacial score (nSPS) is 19.2. The Hall–Kier alpha value is -2.42. The van der Waals surface area contributed by atoms with E-state index >= 15 is 0 Å². The monoisotopic (exact) mass is 488 g/mol. The van der Waals surface area contributed by atoms with Crippen LogP contribution in [0.5, 0.6) is 17.2 Å². The number of carbonyl (C=O) groups excluding carboxylic acids is 1. The summed E-state index contributed by atoms with van der Waals surface area (Å²) >= 11 is 1.50. The Morgan fingerprint density at radius 1 is 0.971 bits per heavy atom. The van der Waals surface area contributed by atoms with Crippen LogP contribution >= 0.6 is 11.8 Å². The molecular formula is C25H36N4O4S. The van der Waals surface area contributed by atoms with E-state index in [1.165, 1.54) is 37.4 Å². The zero-order valence-corrected chi connectivity index (χ0v) is 21.5. The number of piperidine rings is 1. The van der Waals surface area contributed by atoms with Crippen LogP contribution in [0.15, 0.2) is 17.3 Å². The van der Waals surface area contributed by atoms with E-state index in [9.17, 15) is 4.79 Å². The lowest BCUT2D eigenvalue weighted by Gasteiger charge is -2.33. The van der Waals surface area contributed by atoms with E-state index in [1.54, 1.807) is 21.3 Å². The summed E-state index contributed by atoms with van der Waals surface area (Å²) in [7, 11) is 4.82. The average molecular weight is 489 g/mol. The number of carbonyl (C=O) groups is 1. The van der Waals surface area contributed by atoms with Crippen LogP contribution in [0.3, 0.4) is 0 Å². The Morgan fingerprint density at radius 2 is 1.65 bits per heavy atom. The number of amides is 1. The number of methoxy groups -OCH3 is 3. The van der Waals surface area contributed by atoms with Crippen molar-refractivity contribution in [1.82, 2.24) is 19.7 Å². The van der Waals surface area contributed by atoms with Crippen molar-refractivity contribution in [1.29, 1.82) is 0 Å². The Balaban J connectivity index is 1.66. The summed E-state index contributed by atoms with van der Waals surface area (Å²) in [6.45, 7) is 3.00. The molecule has 34 heavy (non-hydrogen) atoms. The quantitative estimate of drug-likeness (QED) is 0.486. The highest BCUT2D eigenvalue weighted by molar-refractivity contribution is 7.99. The van der Waals surface area contributed by atoms with E-state index in [0.29, 0.717) is 35.1 Å². The fraction of sp³-hybridized carbons (Fsp3) is 0.640. The van der Waals surface area contributed by atoms with Gasteiger partial charge in [0, 0.05) is 24.2 Å². The van der Waals surface area contributed by atoms with E-state index in [1.807, 2.05) is 17.0 Å². The van der Waals surface area contributed by atoms with Gasteiger partial charge in [-0.15, -0.1) is 10.2 Å². The van der Waals surface area contributed by atoms with Crippen molar-refractivity contribution in [2.45, 2.75) is 75.5 Å². The number of nitrogens with zero attached hydrogens (tertiary/aromatic N) is 4. The number of benzene rings is 1. The molecule has 1 aliphatic heterocycles. The second-order valence-electron chi connectivity index (χ2n) is 9.10. The molecule has 8 nitrogen and oxygen atoms in total. The molecule has 0 bridgehead atoms. The second-order valence-corrected chi connectivity index (χ2v) is 10.0. The third-order valence-electron chi connectivity index (χ3n) is 6.98. The van der Waals surface area contributed by atoms with Crippen LogP contribution in [0, 0.1) is 0 Å². The van der Waals surface area contributed by atoms with Gasteiger partial charge < -0.3 is 19.1 Å². The lowest BCUT2D eigenvalue weighted by molar-refractivity contribution is -0.131. The van der Waals surface area contributed by atoms with Crippen molar-refractivity contribution in [3.63, 3.8) is 0 Å². The van der Waals surface area contributed by atoms with E-state index in [4.69, 9.17) is 14.2 Å². The first-order valence-electron chi connectivity index (χ1n) is 12.2. The van der Waals surface area contributed by atoms with Gasteiger partial charge in [0.1, 0.15) is 0 Å². The van der Waals surface area contributed by atoms with E-state index < -0.39 is 0 Å². The van der Waals surface area contributed by atoms with Crippen molar-refractivity contribution in [3.05, 3.63) is 12.1 Å². The molecule has 9 heteroatoms. The van der Waals surface area contributed by atoms with Crippen LogP contribution < -0.4 is 14.2 Å². The van der Waals surface area contributed by atoms with Crippen molar-refractivity contribution in [2.75, 3.05) is 33.6 Å². The lowest BCUT2D eigenvalue weighted by Crippen LogP contribution is -2.43. The molecule has 0 radical (unpaired) electrons. The molecule has 2 aliphatic rings. The molecule has 2 aromatic rings. The minimum atomic E-state index is 0.185. The van der Waals surface area contributed by atoms with E-state index in [0.717, 1.165) is 48.8 Å². The van der Waals surface area contributed by atoms with Crippen LogP contribution in [0.25, 0.3) is 11.4 Å². The van der Waals surface area contributed by atoms with Gasteiger partial charge >= 0.3 is 0 Å². The maximum atomic E-state index is 13.0. The SMILES string of the molecule is COc1cc(-c2nnc(SCC(=O)N3CCCCC3C)n2C2CCCCC2)cc(OC)c1OC. The molecule has 186 valence electrons. The fourth-order valence-corrected chi connectivity index (χ4v) is 6.02.